The molecule has 0 fully saturated rings. The van der Waals surface area contributed by atoms with Crippen LogP contribution in [0.15, 0.2) is 60.7 Å². The van der Waals surface area contributed by atoms with E-state index in [9.17, 15) is 9.59 Å². The van der Waals surface area contributed by atoms with Crippen LogP contribution < -0.4 is 0 Å². The molecule has 5 heteroatoms. The highest BCUT2D eigenvalue weighted by Gasteiger charge is 2.55. The lowest BCUT2D eigenvalue weighted by Crippen LogP contribution is -2.53. The van der Waals surface area contributed by atoms with Crippen LogP contribution in [0.4, 0.5) is 0 Å². The molecule has 0 saturated carbocycles. The number of ketones is 2. The van der Waals surface area contributed by atoms with E-state index in [-0.39, 0.29) is 17.1 Å². The Balaban J connectivity index is 2.59. The second-order valence-corrected chi connectivity index (χ2v) is 10.2. The Hall–Kier alpha value is -2.08. The molecule has 0 aliphatic heterocycles. The lowest BCUT2D eigenvalue weighted by Gasteiger charge is -2.36. The second kappa shape index (κ2) is 8.34. The van der Waals surface area contributed by atoms with Crippen molar-refractivity contribution in [1.82, 2.24) is 0 Å². The van der Waals surface area contributed by atoms with Gasteiger partial charge >= 0.3 is 8.56 Å². The Kier molecular flexibility index (Phi) is 6.42. The molecule has 0 unspecified atom stereocenters. The molecular formula is C20H24O4Si. The summed E-state index contributed by atoms with van der Waals surface area (Å²) >= 11 is 0. The minimum Gasteiger partial charge on any atom is -0.397 e. The van der Waals surface area contributed by atoms with Crippen LogP contribution >= 0.6 is 0 Å². The maximum atomic E-state index is 13.3. The molecule has 0 atom stereocenters. The number of hydrogen-bond donors (Lipinski definition) is 0. The first-order valence-electron chi connectivity index (χ1n) is 8.26. The van der Waals surface area contributed by atoms with Crippen LogP contribution in [-0.4, -0.2) is 34.3 Å². The Bertz CT molecular complexity index is 657. The number of benzene rings is 2. The van der Waals surface area contributed by atoms with Crippen molar-refractivity contribution >= 4 is 20.1 Å². The van der Waals surface area contributed by atoms with E-state index in [1.165, 1.54) is 14.2 Å². The molecule has 0 aromatic heterocycles. The number of hydrogen-bond acceptors (Lipinski definition) is 4. The van der Waals surface area contributed by atoms with Crippen LogP contribution in [0.2, 0.25) is 11.1 Å². The van der Waals surface area contributed by atoms with Gasteiger partial charge in [-0.1, -0.05) is 74.5 Å². The molecule has 0 heterocycles. The molecule has 25 heavy (non-hydrogen) atoms. The van der Waals surface area contributed by atoms with E-state index >= 15 is 0 Å². The molecule has 0 saturated heterocycles. The monoisotopic (exact) mass is 356 g/mol. The van der Waals surface area contributed by atoms with Gasteiger partial charge in [0.15, 0.2) is 11.6 Å². The van der Waals surface area contributed by atoms with Gasteiger partial charge in [0, 0.05) is 25.3 Å². The average Bonchev–Trinajstić information content (AvgIpc) is 2.66. The van der Waals surface area contributed by atoms with Gasteiger partial charge in [0.05, 0.1) is 0 Å². The van der Waals surface area contributed by atoms with E-state index in [2.05, 4.69) is 0 Å². The van der Waals surface area contributed by atoms with Crippen LogP contribution in [-0.2, 0) is 8.85 Å². The van der Waals surface area contributed by atoms with Gasteiger partial charge in [-0.05, 0) is 5.54 Å². The van der Waals surface area contributed by atoms with Crippen LogP contribution in [0.5, 0.6) is 0 Å². The highest BCUT2D eigenvalue weighted by Crippen LogP contribution is 2.38. The third-order valence-electron chi connectivity index (χ3n) is 4.49. The van der Waals surface area contributed by atoms with Crippen molar-refractivity contribution in [3.05, 3.63) is 71.8 Å². The summed E-state index contributed by atoms with van der Waals surface area (Å²) < 4.78 is 11.5. The van der Waals surface area contributed by atoms with Gasteiger partial charge in [0.2, 0.25) is 0 Å². The fourth-order valence-corrected chi connectivity index (χ4v) is 6.46. The van der Waals surface area contributed by atoms with E-state index < -0.39 is 14.1 Å². The van der Waals surface area contributed by atoms with Crippen molar-refractivity contribution in [2.75, 3.05) is 14.2 Å². The lowest BCUT2D eigenvalue weighted by molar-refractivity contribution is 0.0851. The van der Waals surface area contributed by atoms with Crippen LogP contribution in [0.3, 0.4) is 0 Å². The molecule has 2 rings (SSSR count). The first kappa shape index (κ1) is 19.2. The van der Waals surface area contributed by atoms with Gasteiger partial charge in [-0.3, -0.25) is 9.59 Å². The summed E-state index contributed by atoms with van der Waals surface area (Å²) in [7, 11) is -0.0869. The van der Waals surface area contributed by atoms with E-state index in [0.717, 1.165) is 0 Å². The van der Waals surface area contributed by atoms with E-state index in [1.807, 2.05) is 26.0 Å². The molecular weight excluding hydrogens is 332 g/mol. The molecule has 0 N–H and O–H groups in total. The topological polar surface area (TPSA) is 52.6 Å². The predicted octanol–water partition coefficient (Wildman–Crippen LogP) is 4.27. The van der Waals surface area contributed by atoms with E-state index in [0.29, 0.717) is 11.1 Å². The highest BCUT2D eigenvalue weighted by molar-refractivity contribution is 6.79. The molecule has 0 amide bonds. The smallest absolute Gasteiger partial charge is 0.359 e. The van der Waals surface area contributed by atoms with E-state index in [1.54, 1.807) is 48.5 Å². The fraction of sp³-hybridized carbons (Fsp3) is 0.300. The number of rotatable bonds is 8. The maximum Gasteiger partial charge on any atom is 0.359 e. The third-order valence-corrected chi connectivity index (χ3v) is 8.70. The average molecular weight is 356 g/mol. The van der Waals surface area contributed by atoms with Gasteiger partial charge in [-0.2, -0.15) is 0 Å². The first-order valence-corrected chi connectivity index (χ1v) is 10.2. The zero-order valence-corrected chi connectivity index (χ0v) is 16.1. The van der Waals surface area contributed by atoms with Crippen LogP contribution in [0, 0.1) is 0 Å². The van der Waals surface area contributed by atoms with Crippen LogP contribution in [0.25, 0.3) is 0 Å². The Morgan fingerprint density at radius 3 is 1.40 bits per heavy atom. The molecule has 0 bridgehead atoms. The SMILES string of the molecule is CO[Si](OC)(C(C)C)C(C(=O)c1ccccc1)C(=O)c1ccccc1. The van der Waals surface area contributed by atoms with Crippen molar-refractivity contribution < 1.29 is 18.4 Å². The third kappa shape index (κ3) is 3.79. The molecule has 0 radical (unpaired) electrons. The Morgan fingerprint density at radius 2 is 1.12 bits per heavy atom. The van der Waals surface area contributed by atoms with Crippen molar-refractivity contribution in [1.29, 1.82) is 0 Å². The van der Waals surface area contributed by atoms with Gasteiger partial charge in [-0.15, -0.1) is 0 Å². The Morgan fingerprint density at radius 1 is 0.760 bits per heavy atom. The fourth-order valence-electron chi connectivity index (χ4n) is 3.15. The molecule has 2 aromatic carbocycles. The van der Waals surface area contributed by atoms with E-state index in [4.69, 9.17) is 8.85 Å². The van der Waals surface area contributed by atoms with Crippen LogP contribution in [0.1, 0.15) is 34.6 Å². The Labute approximate surface area is 150 Å². The molecule has 0 aliphatic carbocycles. The largest absolute Gasteiger partial charge is 0.397 e. The number of carbonyl (C=O) groups is 2. The summed E-state index contributed by atoms with van der Waals surface area (Å²) in [6.45, 7) is 3.87. The summed E-state index contributed by atoms with van der Waals surface area (Å²) in [5.74, 6) is -0.503. The number of Topliss-reactive ketones (excluding diaryl/α,β-unsaturated/α-hetero) is 2. The summed E-state index contributed by atoms with van der Waals surface area (Å²) in [6, 6.07) is 17.7. The van der Waals surface area contributed by atoms with Gasteiger partial charge < -0.3 is 8.85 Å². The maximum absolute atomic E-state index is 13.3. The summed E-state index contributed by atoms with van der Waals surface area (Å²) in [6.07, 6.45) is 0. The quantitative estimate of drug-likeness (QED) is 0.403. The van der Waals surface area contributed by atoms with Crippen molar-refractivity contribution in [3.8, 4) is 0 Å². The van der Waals surface area contributed by atoms with Gasteiger partial charge in [0.25, 0.3) is 0 Å². The summed E-state index contributed by atoms with van der Waals surface area (Å²) in [4.78, 5) is 26.6. The zero-order valence-electron chi connectivity index (χ0n) is 15.1. The zero-order chi connectivity index (χ0) is 18.4. The molecule has 132 valence electrons. The molecule has 0 spiro atoms. The highest BCUT2D eigenvalue weighted by atomic mass is 28.4. The summed E-state index contributed by atoms with van der Waals surface area (Å²) in [5, 5.41) is 0. The standard InChI is InChI=1S/C20H24O4Si/c1-15(2)25(23-3,24-4)20(18(21)16-11-7-5-8-12-16)19(22)17-13-9-6-10-14-17/h5-15,20H,1-4H3. The van der Waals surface area contributed by atoms with Gasteiger partial charge in [0.1, 0.15) is 5.54 Å². The van der Waals surface area contributed by atoms with Crippen molar-refractivity contribution in [2.45, 2.75) is 24.9 Å². The van der Waals surface area contributed by atoms with Crippen molar-refractivity contribution in [2.24, 2.45) is 0 Å². The minimum absolute atomic E-state index is 0.0761. The van der Waals surface area contributed by atoms with Crippen molar-refractivity contribution in [3.63, 3.8) is 0 Å². The second-order valence-electron chi connectivity index (χ2n) is 6.18. The summed E-state index contributed by atoms with van der Waals surface area (Å²) in [5.41, 5.74) is -0.0630. The minimum atomic E-state index is -3.14. The van der Waals surface area contributed by atoms with Gasteiger partial charge in [-0.25, -0.2) is 0 Å². The molecule has 0 aliphatic rings. The first-order chi connectivity index (χ1) is 12.0. The lowest BCUT2D eigenvalue weighted by atomic mass is 10.0. The molecule has 2 aromatic rings. The predicted molar refractivity (Wildman–Crippen MR) is 100 cm³/mol. The molecule has 4 nitrogen and oxygen atoms in total. The number of carbonyl (C=O) groups excluding carboxylic acids is 2. The normalized spacial score (nSPS) is 11.8.